The third kappa shape index (κ3) is 4.54. The predicted molar refractivity (Wildman–Crippen MR) is 84.0 cm³/mol. The van der Waals surface area contributed by atoms with Crippen LogP contribution in [0.5, 0.6) is 0 Å². The maximum absolute atomic E-state index is 12.4. The highest BCUT2D eigenvalue weighted by atomic mass is 28.3. The number of rotatable bonds is 5. The van der Waals surface area contributed by atoms with Crippen molar-refractivity contribution >= 4 is 20.9 Å². The topological polar surface area (TPSA) is 49.9 Å². The van der Waals surface area contributed by atoms with Gasteiger partial charge in [0.05, 0.1) is 6.23 Å². The zero-order valence-corrected chi connectivity index (χ0v) is 14.3. The Hall–Kier alpha value is -0.883. The molecule has 0 N–H and O–H groups in total. The Morgan fingerprint density at radius 2 is 1.43 bits per heavy atom. The van der Waals surface area contributed by atoms with Crippen molar-refractivity contribution in [2.45, 2.75) is 58.3 Å². The first-order valence-corrected chi connectivity index (χ1v) is 10.3. The van der Waals surface area contributed by atoms with Crippen molar-refractivity contribution in [2.75, 3.05) is 25.9 Å². The fourth-order valence-electron chi connectivity index (χ4n) is 3.21. The van der Waals surface area contributed by atoms with Crippen LogP contribution in [0, 0.1) is 0 Å². The highest BCUT2D eigenvalue weighted by molar-refractivity contribution is 6.58. The Labute approximate surface area is 129 Å². The summed E-state index contributed by atoms with van der Waals surface area (Å²) in [6.07, 6.45) is 8.17. The highest BCUT2D eigenvalue weighted by Gasteiger charge is 2.35. The van der Waals surface area contributed by atoms with E-state index in [1.54, 1.807) is 0 Å². The number of carbonyl (C=O) groups is 2. The third-order valence-electron chi connectivity index (χ3n) is 4.41. The first-order chi connectivity index (χ1) is 10.2. The lowest BCUT2D eigenvalue weighted by Gasteiger charge is -2.37. The molecule has 5 nitrogen and oxygen atoms in total. The van der Waals surface area contributed by atoms with E-state index in [0.29, 0.717) is 25.7 Å². The second-order valence-corrected chi connectivity index (χ2v) is 8.48. The van der Waals surface area contributed by atoms with Crippen LogP contribution >= 0.6 is 0 Å². The van der Waals surface area contributed by atoms with Gasteiger partial charge in [-0.05, 0) is 32.6 Å². The Bertz CT molecular complexity index is 335. The number of ether oxygens (including phenoxy) is 1. The maximum Gasteiger partial charge on any atom is 0.278 e. The van der Waals surface area contributed by atoms with Crippen molar-refractivity contribution in [3.63, 3.8) is 0 Å². The molecule has 120 valence electrons. The standard InChI is InChI=1S/C15H28N2O3Si/c1-2-20-13-21(16-11-7-3-5-9-14(16)18)17-12-8-4-6-10-15(17)19/h21H,2-13H2,1H3. The summed E-state index contributed by atoms with van der Waals surface area (Å²) in [6.45, 7) is 4.24. The molecule has 0 aliphatic carbocycles. The van der Waals surface area contributed by atoms with Gasteiger partial charge in [-0.15, -0.1) is 0 Å². The van der Waals surface area contributed by atoms with Crippen LogP contribution in [-0.2, 0) is 14.3 Å². The molecule has 2 aliphatic heterocycles. The van der Waals surface area contributed by atoms with Gasteiger partial charge in [-0.1, -0.05) is 12.8 Å². The Morgan fingerprint density at radius 1 is 0.905 bits per heavy atom. The lowest BCUT2D eigenvalue weighted by atomic mass is 10.2. The molecule has 2 heterocycles. The van der Waals surface area contributed by atoms with Crippen LogP contribution < -0.4 is 0 Å². The molecule has 2 fully saturated rings. The van der Waals surface area contributed by atoms with Gasteiger partial charge in [0, 0.05) is 32.5 Å². The molecule has 2 saturated heterocycles. The molecule has 2 aliphatic rings. The molecule has 2 rings (SSSR count). The van der Waals surface area contributed by atoms with Gasteiger partial charge in [-0.25, -0.2) is 0 Å². The maximum atomic E-state index is 12.4. The number of hydrogen-bond acceptors (Lipinski definition) is 3. The molecule has 21 heavy (non-hydrogen) atoms. The normalized spacial score (nSPS) is 21.6. The van der Waals surface area contributed by atoms with Gasteiger partial charge in [0.15, 0.2) is 0 Å². The summed E-state index contributed by atoms with van der Waals surface area (Å²) in [7, 11) is -1.84. The SMILES string of the molecule is CCOC[SiH](N1CCCCCC1=O)N1CCCCCC1=O. The van der Waals surface area contributed by atoms with E-state index < -0.39 is 9.12 Å². The van der Waals surface area contributed by atoms with Crippen LogP contribution in [0.3, 0.4) is 0 Å². The zero-order chi connectivity index (χ0) is 15.1. The Morgan fingerprint density at radius 3 is 1.90 bits per heavy atom. The fraction of sp³-hybridized carbons (Fsp3) is 0.867. The molecular formula is C15H28N2O3Si. The van der Waals surface area contributed by atoms with Gasteiger partial charge in [0.25, 0.3) is 9.12 Å². The molecule has 0 aromatic carbocycles. The van der Waals surface area contributed by atoms with E-state index >= 15 is 0 Å². The van der Waals surface area contributed by atoms with Crippen LogP contribution in [0.1, 0.15) is 58.3 Å². The summed E-state index contributed by atoms with van der Waals surface area (Å²) in [5, 5.41) is 0. The van der Waals surface area contributed by atoms with Crippen molar-refractivity contribution in [3.05, 3.63) is 0 Å². The molecule has 0 spiro atoms. The van der Waals surface area contributed by atoms with Crippen LogP contribution in [0.15, 0.2) is 0 Å². The zero-order valence-electron chi connectivity index (χ0n) is 13.2. The van der Waals surface area contributed by atoms with E-state index in [1.807, 2.05) is 16.1 Å². The second kappa shape index (κ2) is 8.53. The lowest BCUT2D eigenvalue weighted by molar-refractivity contribution is -0.129. The summed E-state index contributed by atoms with van der Waals surface area (Å²) in [6, 6.07) is 0. The number of hydrogen-bond donors (Lipinski definition) is 0. The second-order valence-electron chi connectivity index (χ2n) is 5.94. The highest BCUT2D eigenvalue weighted by Crippen LogP contribution is 2.18. The summed E-state index contributed by atoms with van der Waals surface area (Å²) in [5.74, 6) is 0.474. The van der Waals surface area contributed by atoms with E-state index in [9.17, 15) is 9.59 Å². The van der Waals surface area contributed by atoms with Gasteiger partial charge in [0.2, 0.25) is 11.8 Å². The van der Waals surface area contributed by atoms with Gasteiger partial charge < -0.3 is 13.9 Å². The van der Waals surface area contributed by atoms with Gasteiger partial charge >= 0.3 is 0 Å². The molecule has 0 bridgehead atoms. The molecule has 0 radical (unpaired) electrons. The summed E-state index contributed by atoms with van der Waals surface area (Å²) >= 11 is 0. The van der Waals surface area contributed by atoms with Crippen molar-refractivity contribution in [1.82, 2.24) is 9.13 Å². The molecule has 6 heteroatoms. The molecule has 0 aromatic rings. The Kier molecular flexibility index (Phi) is 6.70. The van der Waals surface area contributed by atoms with Crippen LogP contribution in [0.4, 0.5) is 0 Å². The van der Waals surface area contributed by atoms with E-state index in [1.165, 1.54) is 0 Å². The number of nitrogens with zero attached hydrogens (tertiary/aromatic N) is 2. The molecule has 0 saturated carbocycles. The van der Waals surface area contributed by atoms with E-state index in [4.69, 9.17) is 4.74 Å². The van der Waals surface area contributed by atoms with E-state index in [2.05, 4.69) is 0 Å². The summed E-state index contributed by atoms with van der Waals surface area (Å²) in [5.41, 5.74) is 0. The molecule has 0 atom stereocenters. The third-order valence-corrected chi connectivity index (χ3v) is 7.48. The largest absolute Gasteiger partial charge is 0.381 e. The average molecular weight is 312 g/mol. The quantitative estimate of drug-likeness (QED) is 0.724. The minimum Gasteiger partial charge on any atom is -0.381 e. The van der Waals surface area contributed by atoms with E-state index in [0.717, 1.165) is 51.6 Å². The van der Waals surface area contributed by atoms with Crippen LogP contribution in [-0.4, -0.2) is 56.0 Å². The smallest absolute Gasteiger partial charge is 0.278 e. The number of carbonyl (C=O) groups excluding carboxylic acids is 2. The van der Waals surface area contributed by atoms with E-state index in [-0.39, 0.29) is 11.8 Å². The first kappa shape index (κ1) is 16.5. The van der Waals surface area contributed by atoms with Gasteiger partial charge in [-0.2, -0.15) is 0 Å². The minimum absolute atomic E-state index is 0.237. The average Bonchev–Trinajstić information content (AvgIpc) is 2.81. The van der Waals surface area contributed by atoms with Crippen molar-refractivity contribution in [2.24, 2.45) is 0 Å². The Balaban J connectivity index is 2.14. The first-order valence-electron chi connectivity index (χ1n) is 8.40. The monoisotopic (exact) mass is 312 g/mol. The summed E-state index contributed by atoms with van der Waals surface area (Å²) < 4.78 is 9.72. The predicted octanol–water partition coefficient (Wildman–Crippen LogP) is 1.59. The van der Waals surface area contributed by atoms with Crippen molar-refractivity contribution in [3.8, 4) is 0 Å². The van der Waals surface area contributed by atoms with Gasteiger partial charge in [-0.3, -0.25) is 9.59 Å². The summed E-state index contributed by atoms with van der Waals surface area (Å²) in [4.78, 5) is 24.8. The van der Waals surface area contributed by atoms with Crippen LogP contribution in [0.2, 0.25) is 0 Å². The van der Waals surface area contributed by atoms with Crippen LogP contribution in [0.25, 0.3) is 0 Å². The molecular weight excluding hydrogens is 284 g/mol. The molecule has 0 unspecified atom stereocenters. The molecule has 0 aromatic heterocycles. The van der Waals surface area contributed by atoms with Gasteiger partial charge in [0.1, 0.15) is 0 Å². The minimum atomic E-state index is -1.84. The van der Waals surface area contributed by atoms with Crippen molar-refractivity contribution < 1.29 is 14.3 Å². The van der Waals surface area contributed by atoms with Crippen molar-refractivity contribution in [1.29, 1.82) is 0 Å². The molecule has 2 amide bonds. The number of amides is 2. The fourth-order valence-corrected chi connectivity index (χ4v) is 6.24. The lowest BCUT2D eigenvalue weighted by Crippen LogP contribution is -2.59.